The van der Waals surface area contributed by atoms with Crippen LogP contribution in [0.3, 0.4) is 0 Å². The number of ether oxygens (including phenoxy) is 2. The van der Waals surface area contributed by atoms with Gasteiger partial charge in [0.05, 0.1) is 37.7 Å². The molecule has 3 aliphatic heterocycles. The van der Waals surface area contributed by atoms with Crippen molar-refractivity contribution < 1.29 is 27.4 Å². The second-order valence-corrected chi connectivity index (χ2v) is 18.9. The number of aromatic nitrogens is 3. The lowest BCUT2D eigenvalue weighted by Gasteiger charge is -2.43. The van der Waals surface area contributed by atoms with Gasteiger partial charge in [0.2, 0.25) is 21.7 Å². The minimum Gasteiger partial charge on any atom is -0.473 e. The van der Waals surface area contributed by atoms with E-state index in [0.29, 0.717) is 79.9 Å². The topological polar surface area (TPSA) is 124 Å². The molecule has 3 fully saturated rings. The number of likely N-dealkylation sites (tertiary alicyclic amines) is 1. The second-order valence-electron chi connectivity index (χ2n) is 16.2. The van der Waals surface area contributed by atoms with Gasteiger partial charge in [-0.2, -0.15) is 4.31 Å². The Hall–Kier alpha value is -3.30. The lowest BCUT2D eigenvalue weighted by Crippen LogP contribution is -2.55. The smallest absolute Gasteiger partial charge is 0.245 e. The molecule has 8 rings (SSSR count). The van der Waals surface area contributed by atoms with Crippen molar-refractivity contribution in [2.75, 3.05) is 59.1 Å². The van der Waals surface area contributed by atoms with Gasteiger partial charge in [-0.3, -0.25) is 14.9 Å². The summed E-state index contributed by atoms with van der Waals surface area (Å²) in [5.41, 5.74) is 3.18. The van der Waals surface area contributed by atoms with Crippen LogP contribution in [-0.2, 0) is 19.9 Å². The van der Waals surface area contributed by atoms with Crippen LogP contribution in [0, 0.1) is 5.41 Å². The Morgan fingerprint density at radius 3 is 2.49 bits per heavy atom. The summed E-state index contributed by atoms with van der Waals surface area (Å²) in [6, 6.07) is 10.5. The Morgan fingerprint density at radius 2 is 1.78 bits per heavy atom. The lowest BCUT2D eigenvalue weighted by molar-refractivity contribution is -0.0892. The van der Waals surface area contributed by atoms with Gasteiger partial charge < -0.3 is 14.5 Å². The number of aromatic amines is 1. The van der Waals surface area contributed by atoms with Crippen molar-refractivity contribution in [3.8, 4) is 11.6 Å². The van der Waals surface area contributed by atoms with E-state index >= 15 is 4.39 Å². The molecular formula is C40H46Cl2FN6O5S. The molecule has 55 heavy (non-hydrogen) atoms. The standard InChI is InChI=1S/C40H46Cl2FN6O5S/c1-39(2)9-7-27(32(18-39)26-3-5-28(41)6-4-26)21-47-15-16-49(34(22-47)36-31-8-12-44-37(31)45-20-35(36)50)55(51,52)30-17-33(42)38(46-19-30)54-25-40(43)10-13-48(14-11-40)29-23-53-24-29/h3-6,8,12,17,19-20,29,34H,7,9-11,13-16,18,21-25H2,1-2H3,(H,44,45). The predicted molar refractivity (Wildman–Crippen MR) is 209 cm³/mol. The second kappa shape index (κ2) is 15.2. The quantitative estimate of drug-likeness (QED) is 0.173. The molecule has 1 radical (unpaired) electrons. The van der Waals surface area contributed by atoms with Gasteiger partial charge in [0, 0.05) is 61.4 Å². The zero-order chi connectivity index (χ0) is 38.5. The fourth-order valence-corrected chi connectivity index (χ4v) is 10.4. The molecular weight excluding hydrogens is 766 g/mol. The van der Waals surface area contributed by atoms with Gasteiger partial charge in [0.15, 0.2) is 0 Å². The monoisotopic (exact) mass is 811 g/mol. The molecule has 4 aromatic rings. The summed E-state index contributed by atoms with van der Waals surface area (Å²) in [5, 5.41) is 14.9. The van der Waals surface area contributed by atoms with E-state index in [1.54, 1.807) is 12.3 Å². The number of pyridine rings is 2. The molecule has 15 heteroatoms. The van der Waals surface area contributed by atoms with Crippen LogP contribution in [0.1, 0.15) is 63.1 Å². The van der Waals surface area contributed by atoms with Gasteiger partial charge in [-0.25, -0.2) is 22.8 Å². The molecule has 0 bridgehead atoms. The van der Waals surface area contributed by atoms with E-state index in [1.807, 2.05) is 12.1 Å². The van der Waals surface area contributed by atoms with Crippen LogP contribution in [-0.4, -0.2) is 108 Å². The molecule has 0 spiro atoms. The SMILES string of the molecule is CC1(C)CCC(CN2CCN(S(=O)(=O)c3cnc(OCC4(F)CCN(C5COC5)CC4)c(Cl)c3)C(c3c([O])cnc4[nH]ccc34)C2)=C(c2ccc(Cl)cc2)C1. The predicted octanol–water partition coefficient (Wildman–Crippen LogP) is 7.70. The minimum atomic E-state index is -4.24. The highest BCUT2D eigenvalue weighted by Crippen LogP contribution is 2.45. The Bertz CT molecular complexity index is 2190. The Labute approximate surface area is 331 Å². The molecule has 3 aromatic heterocycles. The van der Waals surface area contributed by atoms with Crippen molar-refractivity contribution in [3.05, 3.63) is 81.7 Å². The number of piperidine rings is 1. The summed E-state index contributed by atoms with van der Waals surface area (Å²) < 4.78 is 57.3. The highest BCUT2D eigenvalue weighted by Gasteiger charge is 2.42. The van der Waals surface area contributed by atoms with Gasteiger partial charge in [-0.15, -0.1) is 0 Å². The first-order valence-corrected chi connectivity index (χ1v) is 21.1. The van der Waals surface area contributed by atoms with Crippen LogP contribution < -0.4 is 4.74 Å². The van der Waals surface area contributed by atoms with Crippen LogP contribution in [0.5, 0.6) is 11.6 Å². The molecule has 0 amide bonds. The number of allylic oxidation sites excluding steroid dienone is 1. The lowest BCUT2D eigenvalue weighted by atomic mass is 9.72. The average Bonchev–Trinajstić information content (AvgIpc) is 3.61. The van der Waals surface area contributed by atoms with Crippen molar-refractivity contribution in [1.29, 1.82) is 0 Å². The van der Waals surface area contributed by atoms with Gasteiger partial charge in [0.25, 0.3) is 0 Å². The van der Waals surface area contributed by atoms with E-state index in [-0.39, 0.29) is 46.7 Å². The van der Waals surface area contributed by atoms with Crippen LogP contribution in [0.2, 0.25) is 10.0 Å². The first-order chi connectivity index (χ1) is 26.3. The van der Waals surface area contributed by atoms with Crippen molar-refractivity contribution in [2.45, 2.75) is 68.6 Å². The number of nitrogens with zero attached hydrogens (tertiary/aromatic N) is 5. The average molecular weight is 813 g/mol. The fraction of sp³-hybridized carbons (Fsp3) is 0.500. The highest BCUT2D eigenvalue weighted by molar-refractivity contribution is 7.89. The number of piperazine rings is 1. The molecule has 0 saturated carbocycles. The van der Waals surface area contributed by atoms with Gasteiger partial charge in [0.1, 0.15) is 27.8 Å². The third-order valence-corrected chi connectivity index (χ3v) is 14.2. The van der Waals surface area contributed by atoms with E-state index < -0.39 is 21.7 Å². The zero-order valence-corrected chi connectivity index (χ0v) is 33.4. The van der Waals surface area contributed by atoms with E-state index in [1.165, 1.54) is 33.9 Å². The maximum atomic E-state index is 15.7. The number of H-pyrrole nitrogens is 1. The van der Waals surface area contributed by atoms with Crippen molar-refractivity contribution in [2.24, 2.45) is 5.41 Å². The van der Waals surface area contributed by atoms with Crippen LogP contribution >= 0.6 is 23.2 Å². The first-order valence-electron chi connectivity index (χ1n) is 18.9. The molecule has 3 saturated heterocycles. The molecule has 1 aliphatic carbocycles. The van der Waals surface area contributed by atoms with Gasteiger partial charge in [-0.1, -0.05) is 54.8 Å². The third-order valence-electron chi connectivity index (χ3n) is 11.8. The molecule has 1 unspecified atom stereocenters. The normalized spacial score (nSPS) is 22.9. The fourth-order valence-electron chi connectivity index (χ4n) is 8.43. The van der Waals surface area contributed by atoms with E-state index in [2.05, 4.69) is 50.7 Å². The Balaban J connectivity index is 1.05. The summed E-state index contributed by atoms with van der Waals surface area (Å²) in [6.45, 7) is 8.40. The Kier molecular flexibility index (Phi) is 10.7. The van der Waals surface area contributed by atoms with E-state index in [0.717, 1.165) is 24.8 Å². The summed E-state index contributed by atoms with van der Waals surface area (Å²) in [7, 11) is -4.24. The number of halogens is 3. The van der Waals surface area contributed by atoms with Crippen LogP contribution in [0.4, 0.5) is 4.39 Å². The van der Waals surface area contributed by atoms with Gasteiger partial charge >= 0.3 is 0 Å². The molecule has 1 atom stereocenters. The number of rotatable bonds is 10. The molecule has 293 valence electrons. The minimum absolute atomic E-state index is 0.0285. The number of alkyl halides is 1. The van der Waals surface area contributed by atoms with Crippen LogP contribution in [0.25, 0.3) is 16.6 Å². The molecule has 11 nitrogen and oxygen atoms in total. The highest BCUT2D eigenvalue weighted by atomic mass is 35.5. The number of benzene rings is 1. The summed E-state index contributed by atoms with van der Waals surface area (Å²) in [5.74, 6) is -0.370. The van der Waals surface area contributed by atoms with Crippen molar-refractivity contribution in [3.63, 3.8) is 0 Å². The zero-order valence-electron chi connectivity index (χ0n) is 31.1. The summed E-state index contributed by atoms with van der Waals surface area (Å²) in [4.78, 5) is 16.0. The van der Waals surface area contributed by atoms with Gasteiger partial charge in [-0.05, 0) is 72.9 Å². The maximum Gasteiger partial charge on any atom is 0.245 e. The molecule has 6 heterocycles. The first kappa shape index (κ1) is 38.6. The molecule has 1 N–H and O–H groups in total. The third kappa shape index (κ3) is 7.99. The molecule has 1 aromatic carbocycles. The number of nitrogens with one attached hydrogen (secondary N) is 1. The van der Waals surface area contributed by atoms with Crippen LogP contribution in [0.15, 0.2) is 65.5 Å². The Morgan fingerprint density at radius 1 is 1.02 bits per heavy atom. The number of hydrogen-bond donors (Lipinski definition) is 1. The van der Waals surface area contributed by atoms with E-state index in [9.17, 15) is 13.5 Å². The molecule has 4 aliphatic rings. The largest absolute Gasteiger partial charge is 0.473 e. The number of hydrogen-bond acceptors (Lipinski definition) is 8. The van der Waals surface area contributed by atoms with Crippen molar-refractivity contribution >= 4 is 49.8 Å². The maximum absolute atomic E-state index is 15.7. The number of sulfonamides is 1. The van der Waals surface area contributed by atoms with Crippen molar-refractivity contribution in [1.82, 2.24) is 29.1 Å². The van der Waals surface area contributed by atoms with E-state index in [4.69, 9.17) is 32.7 Å². The number of fused-ring (bicyclic) bond motifs is 1. The summed E-state index contributed by atoms with van der Waals surface area (Å²) in [6.07, 6.45) is 7.62. The summed E-state index contributed by atoms with van der Waals surface area (Å²) >= 11 is 12.8.